The molecule has 0 aromatic rings. The number of halogens is 1. The van der Waals surface area contributed by atoms with Crippen LogP contribution in [0.4, 0.5) is 0 Å². The van der Waals surface area contributed by atoms with Gasteiger partial charge in [-0.3, -0.25) is 4.99 Å². The molecule has 0 unspecified atom stereocenters. The van der Waals surface area contributed by atoms with E-state index in [9.17, 15) is 0 Å². The molecule has 6 heteroatoms. The van der Waals surface area contributed by atoms with Crippen molar-refractivity contribution in [2.24, 2.45) is 4.99 Å². The largest absolute Gasteiger partial charge is 0.357 e. The quantitative estimate of drug-likeness (QED) is 0.219. The summed E-state index contributed by atoms with van der Waals surface area (Å²) < 4.78 is 0. The summed E-state index contributed by atoms with van der Waals surface area (Å²) >= 11 is 0. The average Bonchev–Trinajstić information content (AvgIpc) is 3.00. The normalized spacial score (nSPS) is 19.8. The molecule has 2 saturated heterocycles. The van der Waals surface area contributed by atoms with Crippen LogP contribution in [0.15, 0.2) is 4.99 Å². The Labute approximate surface area is 178 Å². The van der Waals surface area contributed by atoms with E-state index in [1.165, 1.54) is 97.1 Å². The van der Waals surface area contributed by atoms with E-state index >= 15 is 0 Å². The number of guanidine groups is 1. The first-order valence-corrected chi connectivity index (χ1v) is 10.9. The van der Waals surface area contributed by atoms with Crippen molar-refractivity contribution in [3.63, 3.8) is 0 Å². The van der Waals surface area contributed by atoms with Gasteiger partial charge >= 0.3 is 0 Å². The smallest absolute Gasteiger partial charge is 0.191 e. The standard InChI is InChI=1S/C20H41N5.HI/c1-2-21-20(22-12-5-8-16-24-17-9-10-18-24)23-13-11-19-25-14-6-3-4-7-15-25;/h2-19H2,1H3,(H2,21,22,23);1H. The summed E-state index contributed by atoms with van der Waals surface area (Å²) in [5.74, 6) is 1.000. The van der Waals surface area contributed by atoms with Gasteiger partial charge in [0, 0.05) is 19.6 Å². The molecule has 0 aromatic heterocycles. The fraction of sp³-hybridized carbons (Fsp3) is 0.950. The predicted molar refractivity (Wildman–Crippen MR) is 124 cm³/mol. The Morgan fingerprint density at radius 1 is 0.769 bits per heavy atom. The summed E-state index contributed by atoms with van der Waals surface area (Å²) in [4.78, 5) is 9.98. The fourth-order valence-corrected chi connectivity index (χ4v) is 3.86. The van der Waals surface area contributed by atoms with Crippen molar-refractivity contribution in [3.05, 3.63) is 0 Å². The van der Waals surface area contributed by atoms with Crippen LogP contribution in [0.3, 0.4) is 0 Å². The summed E-state index contributed by atoms with van der Waals surface area (Å²) in [5.41, 5.74) is 0. The molecular formula is C20H42IN5. The van der Waals surface area contributed by atoms with Crippen LogP contribution in [0.5, 0.6) is 0 Å². The van der Waals surface area contributed by atoms with Gasteiger partial charge in [0.05, 0.1) is 0 Å². The van der Waals surface area contributed by atoms with E-state index in [4.69, 9.17) is 4.99 Å². The van der Waals surface area contributed by atoms with Crippen molar-refractivity contribution < 1.29 is 0 Å². The van der Waals surface area contributed by atoms with Crippen LogP contribution in [-0.4, -0.2) is 74.7 Å². The molecule has 26 heavy (non-hydrogen) atoms. The fourth-order valence-electron chi connectivity index (χ4n) is 3.86. The Morgan fingerprint density at radius 2 is 1.35 bits per heavy atom. The molecule has 5 nitrogen and oxygen atoms in total. The van der Waals surface area contributed by atoms with Crippen LogP contribution < -0.4 is 10.6 Å². The third-order valence-corrected chi connectivity index (χ3v) is 5.34. The number of aliphatic imine (C=N–C) groups is 1. The van der Waals surface area contributed by atoms with Crippen LogP contribution in [0.1, 0.15) is 64.7 Å². The molecule has 0 aromatic carbocycles. The van der Waals surface area contributed by atoms with Crippen LogP contribution >= 0.6 is 24.0 Å². The molecule has 0 radical (unpaired) electrons. The van der Waals surface area contributed by atoms with Gasteiger partial charge in [-0.15, -0.1) is 24.0 Å². The summed E-state index contributed by atoms with van der Waals surface area (Å²) in [6.45, 7) is 12.7. The van der Waals surface area contributed by atoms with Gasteiger partial charge in [-0.25, -0.2) is 0 Å². The molecule has 0 aliphatic carbocycles. The number of unbranched alkanes of at least 4 members (excludes halogenated alkanes) is 1. The molecule has 2 heterocycles. The van der Waals surface area contributed by atoms with Crippen molar-refractivity contribution in [2.75, 3.05) is 58.9 Å². The number of nitrogens with zero attached hydrogens (tertiary/aromatic N) is 3. The molecule has 154 valence electrons. The Morgan fingerprint density at radius 3 is 1.96 bits per heavy atom. The number of rotatable bonds is 10. The minimum absolute atomic E-state index is 0. The van der Waals surface area contributed by atoms with Crippen LogP contribution in [0, 0.1) is 0 Å². The van der Waals surface area contributed by atoms with Crippen molar-refractivity contribution in [1.29, 1.82) is 0 Å². The lowest BCUT2D eigenvalue weighted by Gasteiger charge is -2.19. The number of nitrogens with one attached hydrogen (secondary N) is 2. The van der Waals surface area contributed by atoms with E-state index in [0.29, 0.717) is 0 Å². The first-order valence-electron chi connectivity index (χ1n) is 10.9. The summed E-state index contributed by atoms with van der Waals surface area (Å²) in [6, 6.07) is 0. The van der Waals surface area contributed by atoms with Crippen LogP contribution in [0.2, 0.25) is 0 Å². The molecule has 2 aliphatic rings. The molecule has 0 atom stereocenters. The number of likely N-dealkylation sites (tertiary alicyclic amines) is 2. The Kier molecular flexibility index (Phi) is 14.7. The highest BCUT2D eigenvalue weighted by molar-refractivity contribution is 14.0. The Hall–Kier alpha value is -0.0800. The van der Waals surface area contributed by atoms with E-state index < -0.39 is 0 Å². The highest BCUT2D eigenvalue weighted by Crippen LogP contribution is 2.10. The van der Waals surface area contributed by atoms with Gasteiger partial charge in [-0.05, 0) is 91.1 Å². The molecule has 0 spiro atoms. The van der Waals surface area contributed by atoms with Crippen LogP contribution in [-0.2, 0) is 0 Å². The average molecular weight is 479 g/mol. The molecule has 0 amide bonds. The van der Waals surface area contributed by atoms with Crippen molar-refractivity contribution in [2.45, 2.75) is 64.7 Å². The zero-order chi connectivity index (χ0) is 17.6. The lowest BCUT2D eigenvalue weighted by molar-refractivity contribution is 0.283. The second-order valence-corrected chi connectivity index (χ2v) is 7.55. The Balaban J connectivity index is 0.00000338. The predicted octanol–water partition coefficient (Wildman–Crippen LogP) is 3.30. The monoisotopic (exact) mass is 479 g/mol. The minimum Gasteiger partial charge on any atom is -0.357 e. The molecular weight excluding hydrogens is 437 g/mol. The second kappa shape index (κ2) is 15.9. The van der Waals surface area contributed by atoms with Gasteiger partial charge in [-0.1, -0.05) is 12.8 Å². The van der Waals surface area contributed by atoms with Crippen molar-refractivity contribution in [3.8, 4) is 0 Å². The van der Waals surface area contributed by atoms with E-state index in [2.05, 4.69) is 27.4 Å². The summed E-state index contributed by atoms with van der Waals surface area (Å²) in [6.07, 6.45) is 12.1. The third-order valence-electron chi connectivity index (χ3n) is 5.34. The lowest BCUT2D eigenvalue weighted by atomic mass is 10.2. The highest BCUT2D eigenvalue weighted by Gasteiger charge is 2.10. The van der Waals surface area contributed by atoms with Gasteiger partial charge in [0.2, 0.25) is 0 Å². The van der Waals surface area contributed by atoms with Gasteiger partial charge < -0.3 is 20.4 Å². The molecule has 2 N–H and O–H groups in total. The number of hydrogen-bond donors (Lipinski definition) is 2. The summed E-state index contributed by atoms with van der Waals surface area (Å²) in [7, 11) is 0. The van der Waals surface area contributed by atoms with Gasteiger partial charge in [-0.2, -0.15) is 0 Å². The van der Waals surface area contributed by atoms with Crippen molar-refractivity contribution in [1.82, 2.24) is 20.4 Å². The molecule has 0 saturated carbocycles. The highest BCUT2D eigenvalue weighted by atomic mass is 127. The first kappa shape index (κ1) is 24.0. The number of hydrogen-bond acceptors (Lipinski definition) is 3. The lowest BCUT2D eigenvalue weighted by Crippen LogP contribution is -2.38. The van der Waals surface area contributed by atoms with Gasteiger partial charge in [0.1, 0.15) is 0 Å². The summed E-state index contributed by atoms with van der Waals surface area (Å²) in [5, 5.41) is 6.88. The third kappa shape index (κ3) is 10.9. The van der Waals surface area contributed by atoms with E-state index in [1.54, 1.807) is 0 Å². The molecule has 0 bridgehead atoms. The van der Waals surface area contributed by atoms with E-state index in [-0.39, 0.29) is 24.0 Å². The maximum absolute atomic E-state index is 4.75. The second-order valence-electron chi connectivity index (χ2n) is 7.55. The maximum Gasteiger partial charge on any atom is 0.191 e. The first-order chi connectivity index (χ1) is 12.4. The SMILES string of the molecule is CCNC(=NCCCN1CCCCCC1)NCCCCN1CCCC1.I. The van der Waals surface area contributed by atoms with Gasteiger partial charge in [0.15, 0.2) is 5.96 Å². The van der Waals surface area contributed by atoms with Gasteiger partial charge in [0.25, 0.3) is 0 Å². The molecule has 2 fully saturated rings. The zero-order valence-corrected chi connectivity index (χ0v) is 19.3. The minimum atomic E-state index is 0. The van der Waals surface area contributed by atoms with Crippen LogP contribution in [0.25, 0.3) is 0 Å². The van der Waals surface area contributed by atoms with E-state index in [0.717, 1.165) is 25.6 Å². The Bertz CT molecular complexity index is 350. The van der Waals surface area contributed by atoms with E-state index in [1.807, 2.05) is 0 Å². The molecule has 2 rings (SSSR count). The zero-order valence-electron chi connectivity index (χ0n) is 17.0. The van der Waals surface area contributed by atoms with Crippen molar-refractivity contribution >= 4 is 29.9 Å². The molecule has 2 aliphatic heterocycles. The maximum atomic E-state index is 4.75. The topological polar surface area (TPSA) is 42.9 Å².